The van der Waals surface area contributed by atoms with E-state index in [1.54, 1.807) is 6.20 Å². The van der Waals surface area contributed by atoms with Gasteiger partial charge >= 0.3 is 0 Å². The van der Waals surface area contributed by atoms with E-state index in [-0.39, 0.29) is 0 Å². The van der Waals surface area contributed by atoms with Crippen LogP contribution in [0.5, 0.6) is 5.75 Å². The van der Waals surface area contributed by atoms with Gasteiger partial charge in [-0.25, -0.2) is 4.98 Å². The second-order valence-corrected chi connectivity index (χ2v) is 4.53. The fraction of sp³-hybridized carbons (Fsp3) is 0.333. The van der Waals surface area contributed by atoms with Crippen molar-refractivity contribution in [1.82, 2.24) is 9.97 Å². The zero-order chi connectivity index (χ0) is 14.5. The highest BCUT2D eigenvalue weighted by molar-refractivity contribution is 5.60. The highest BCUT2D eigenvalue weighted by atomic mass is 16.5. The maximum Gasteiger partial charge on any atom is 0.152 e. The van der Waals surface area contributed by atoms with Crippen LogP contribution in [0.3, 0.4) is 0 Å². The SMILES string of the molecule is CCOc1ccc(Nc2nc(C)cnc2C)cc1CN. The molecule has 0 bridgehead atoms. The Hall–Kier alpha value is -2.14. The normalized spacial score (nSPS) is 10.4. The van der Waals surface area contributed by atoms with Gasteiger partial charge in [-0.15, -0.1) is 0 Å². The molecule has 3 N–H and O–H groups in total. The Labute approximate surface area is 119 Å². The molecule has 0 spiro atoms. The van der Waals surface area contributed by atoms with Crippen molar-refractivity contribution in [2.75, 3.05) is 11.9 Å². The summed E-state index contributed by atoms with van der Waals surface area (Å²) in [5, 5.41) is 3.27. The molecular formula is C15H20N4O. The van der Waals surface area contributed by atoms with Crippen LogP contribution >= 0.6 is 0 Å². The predicted molar refractivity (Wildman–Crippen MR) is 80.3 cm³/mol. The summed E-state index contributed by atoms with van der Waals surface area (Å²) in [6, 6.07) is 5.86. The van der Waals surface area contributed by atoms with E-state index in [0.29, 0.717) is 13.2 Å². The van der Waals surface area contributed by atoms with Gasteiger partial charge in [-0.1, -0.05) is 0 Å². The number of aromatic nitrogens is 2. The van der Waals surface area contributed by atoms with Gasteiger partial charge in [0.25, 0.3) is 0 Å². The lowest BCUT2D eigenvalue weighted by atomic mass is 10.1. The Morgan fingerprint density at radius 2 is 2.10 bits per heavy atom. The van der Waals surface area contributed by atoms with E-state index in [1.165, 1.54) is 0 Å². The number of benzene rings is 1. The molecule has 0 unspecified atom stereocenters. The summed E-state index contributed by atoms with van der Waals surface area (Å²) in [5.74, 6) is 1.59. The molecule has 0 aliphatic heterocycles. The molecule has 0 saturated heterocycles. The van der Waals surface area contributed by atoms with Gasteiger partial charge in [0, 0.05) is 24.0 Å². The van der Waals surface area contributed by atoms with Crippen LogP contribution in [0.4, 0.5) is 11.5 Å². The Morgan fingerprint density at radius 1 is 1.30 bits per heavy atom. The molecule has 0 aliphatic rings. The lowest BCUT2D eigenvalue weighted by Crippen LogP contribution is -2.04. The zero-order valence-electron chi connectivity index (χ0n) is 12.1. The second kappa shape index (κ2) is 6.34. The van der Waals surface area contributed by atoms with Gasteiger partial charge in [-0.05, 0) is 39.0 Å². The molecular weight excluding hydrogens is 252 g/mol. The van der Waals surface area contributed by atoms with E-state index in [2.05, 4.69) is 15.3 Å². The third-order valence-corrected chi connectivity index (χ3v) is 2.92. The first-order valence-corrected chi connectivity index (χ1v) is 6.67. The summed E-state index contributed by atoms with van der Waals surface area (Å²) in [5.41, 5.74) is 9.39. The van der Waals surface area contributed by atoms with Crippen molar-refractivity contribution in [3.8, 4) is 5.75 Å². The molecule has 2 aromatic rings. The lowest BCUT2D eigenvalue weighted by Gasteiger charge is -2.13. The summed E-state index contributed by atoms with van der Waals surface area (Å²) in [7, 11) is 0. The molecule has 5 heteroatoms. The summed E-state index contributed by atoms with van der Waals surface area (Å²) >= 11 is 0. The first-order valence-electron chi connectivity index (χ1n) is 6.67. The average molecular weight is 272 g/mol. The van der Waals surface area contributed by atoms with Crippen LogP contribution in [0, 0.1) is 13.8 Å². The van der Waals surface area contributed by atoms with Crippen molar-refractivity contribution >= 4 is 11.5 Å². The highest BCUT2D eigenvalue weighted by Crippen LogP contribution is 2.25. The quantitative estimate of drug-likeness (QED) is 0.875. The van der Waals surface area contributed by atoms with Crippen molar-refractivity contribution < 1.29 is 4.74 Å². The highest BCUT2D eigenvalue weighted by Gasteiger charge is 2.06. The van der Waals surface area contributed by atoms with E-state index in [0.717, 1.165) is 34.2 Å². The van der Waals surface area contributed by atoms with Crippen LogP contribution < -0.4 is 15.8 Å². The molecule has 0 radical (unpaired) electrons. The van der Waals surface area contributed by atoms with Crippen LogP contribution in [-0.4, -0.2) is 16.6 Å². The average Bonchev–Trinajstić information content (AvgIpc) is 2.44. The van der Waals surface area contributed by atoms with Gasteiger partial charge in [-0.3, -0.25) is 4.98 Å². The number of nitrogens with two attached hydrogens (primary N) is 1. The van der Waals surface area contributed by atoms with Crippen LogP contribution in [-0.2, 0) is 6.54 Å². The molecule has 1 aromatic heterocycles. The van der Waals surface area contributed by atoms with E-state index in [9.17, 15) is 0 Å². The summed E-state index contributed by atoms with van der Waals surface area (Å²) in [6.07, 6.45) is 1.75. The molecule has 0 fully saturated rings. The third kappa shape index (κ3) is 3.24. The van der Waals surface area contributed by atoms with E-state index in [1.807, 2.05) is 39.0 Å². The smallest absolute Gasteiger partial charge is 0.152 e. The van der Waals surface area contributed by atoms with E-state index in [4.69, 9.17) is 10.5 Å². The molecule has 5 nitrogen and oxygen atoms in total. The predicted octanol–water partition coefficient (Wildman–Crippen LogP) is 2.69. The summed E-state index contributed by atoms with van der Waals surface area (Å²) < 4.78 is 5.54. The molecule has 0 aliphatic carbocycles. The Bertz CT molecular complexity index is 598. The molecule has 0 atom stereocenters. The van der Waals surface area contributed by atoms with Gasteiger partial charge in [0.05, 0.1) is 18.0 Å². The van der Waals surface area contributed by atoms with Crippen molar-refractivity contribution in [2.24, 2.45) is 5.73 Å². The van der Waals surface area contributed by atoms with Crippen molar-refractivity contribution in [1.29, 1.82) is 0 Å². The fourth-order valence-electron chi connectivity index (χ4n) is 1.91. The molecule has 20 heavy (non-hydrogen) atoms. The van der Waals surface area contributed by atoms with Gasteiger partial charge in [0.2, 0.25) is 0 Å². The molecule has 106 valence electrons. The fourth-order valence-corrected chi connectivity index (χ4v) is 1.91. The molecule has 0 saturated carbocycles. The molecule has 1 heterocycles. The lowest BCUT2D eigenvalue weighted by molar-refractivity contribution is 0.336. The number of aryl methyl sites for hydroxylation is 2. The number of nitrogens with zero attached hydrogens (tertiary/aromatic N) is 2. The van der Waals surface area contributed by atoms with Crippen LogP contribution in [0.25, 0.3) is 0 Å². The number of hydrogen-bond acceptors (Lipinski definition) is 5. The summed E-state index contributed by atoms with van der Waals surface area (Å²) in [6.45, 7) is 6.86. The van der Waals surface area contributed by atoms with Crippen LogP contribution in [0.2, 0.25) is 0 Å². The van der Waals surface area contributed by atoms with Gasteiger partial charge in [-0.2, -0.15) is 0 Å². The van der Waals surface area contributed by atoms with Crippen molar-refractivity contribution in [3.05, 3.63) is 41.3 Å². The standard InChI is InChI=1S/C15H20N4O/c1-4-20-14-6-5-13(7-12(14)8-16)19-15-11(3)17-9-10(2)18-15/h5-7,9H,4,8,16H2,1-3H3,(H,18,19). The largest absolute Gasteiger partial charge is 0.494 e. The number of rotatable bonds is 5. The molecule has 2 rings (SSSR count). The Morgan fingerprint density at radius 3 is 2.80 bits per heavy atom. The van der Waals surface area contributed by atoms with E-state index < -0.39 is 0 Å². The zero-order valence-corrected chi connectivity index (χ0v) is 12.1. The van der Waals surface area contributed by atoms with Gasteiger partial charge in [0.15, 0.2) is 5.82 Å². The van der Waals surface area contributed by atoms with Crippen LogP contribution in [0.1, 0.15) is 23.9 Å². The van der Waals surface area contributed by atoms with E-state index >= 15 is 0 Å². The first-order chi connectivity index (χ1) is 9.63. The van der Waals surface area contributed by atoms with Crippen molar-refractivity contribution in [3.63, 3.8) is 0 Å². The maximum atomic E-state index is 5.76. The number of ether oxygens (including phenoxy) is 1. The first kappa shape index (κ1) is 14.3. The Balaban J connectivity index is 2.27. The van der Waals surface area contributed by atoms with Crippen molar-refractivity contribution in [2.45, 2.75) is 27.3 Å². The maximum absolute atomic E-state index is 5.76. The Kier molecular flexibility index (Phi) is 4.53. The monoisotopic (exact) mass is 272 g/mol. The second-order valence-electron chi connectivity index (χ2n) is 4.53. The van der Waals surface area contributed by atoms with Gasteiger partial charge in [0.1, 0.15) is 5.75 Å². The molecule has 1 aromatic carbocycles. The van der Waals surface area contributed by atoms with Crippen LogP contribution in [0.15, 0.2) is 24.4 Å². The number of anilines is 2. The topological polar surface area (TPSA) is 73.1 Å². The molecule has 0 amide bonds. The minimum absolute atomic E-state index is 0.434. The summed E-state index contributed by atoms with van der Waals surface area (Å²) in [4.78, 5) is 8.74. The number of nitrogens with one attached hydrogen (secondary N) is 1. The number of hydrogen-bond donors (Lipinski definition) is 2. The third-order valence-electron chi connectivity index (χ3n) is 2.92. The minimum Gasteiger partial charge on any atom is -0.494 e. The minimum atomic E-state index is 0.434. The van der Waals surface area contributed by atoms with Gasteiger partial charge < -0.3 is 15.8 Å².